The average Bonchev–Trinajstić information content (AvgIpc) is 2.51. The van der Waals surface area contributed by atoms with E-state index in [1.54, 1.807) is 30.3 Å². The molecule has 1 aromatic rings. The van der Waals surface area contributed by atoms with Crippen LogP contribution < -0.4 is 0 Å². The second-order valence-corrected chi connectivity index (χ2v) is 7.35. The van der Waals surface area contributed by atoms with Gasteiger partial charge in [0.2, 0.25) is 9.84 Å². The zero-order valence-electron chi connectivity index (χ0n) is 13.2. The molecular formula is C15H17F5O4S. The molecule has 0 saturated heterocycles. The summed E-state index contributed by atoms with van der Waals surface area (Å²) in [6, 6.07) is 8.45. The monoisotopic (exact) mass is 388 g/mol. The number of aryl methyl sites for hydroxylation is 1. The van der Waals surface area contributed by atoms with Crippen molar-refractivity contribution in [2.24, 2.45) is 0 Å². The van der Waals surface area contributed by atoms with Gasteiger partial charge in [-0.2, -0.15) is 22.0 Å². The fourth-order valence-electron chi connectivity index (χ4n) is 2.11. The molecule has 1 atom stereocenters. The molecule has 1 unspecified atom stereocenters. The Morgan fingerprint density at radius 1 is 1.12 bits per heavy atom. The molecule has 0 amide bonds. The molecule has 0 aliphatic carbocycles. The van der Waals surface area contributed by atoms with Crippen LogP contribution in [0.4, 0.5) is 22.0 Å². The number of hydrogen-bond acceptors (Lipinski definition) is 4. The lowest BCUT2D eigenvalue weighted by Crippen LogP contribution is -2.51. The Kier molecular flexibility index (Phi) is 6.92. The minimum Gasteiger partial charge on any atom is -0.465 e. The van der Waals surface area contributed by atoms with Crippen molar-refractivity contribution < 1.29 is 39.9 Å². The topological polar surface area (TPSA) is 60.4 Å². The number of alkyl halides is 5. The van der Waals surface area contributed by atoms with Gasteiger partial charge in [-0.05, 0) is 31.7 Å². The Bertz CT molecular complexity index is 671. The average molecular weight is 388 g/mol. The minimum atomic E-state index is -6.32. The van der Waals surface area contributed by atoms with Crippen LogP contribution in [0.5, 0.6) is 0 Å². The van der Waals surface area contributed by atoms with Crippen molar-refractivity contribution in [1.29, 1.82) is 0 Å². The summed E-state index contributed by atoms with van der Waals surface area (Å²) in [7, 11) is -6.17. The smallest absolute Gasteiger partial charge is 0.465 e. The van der Waals surface area contributed by atoms with E-state index in [-0.39, 0.29) is 19.4 Å². The van der Waals surface area contributed by atoms with Crippen LogP contribution in [0.15, 0.2) is 30.3 Å². The van der Waals surface area contributed by atoms with E-state index in [2.05, 4.69) is 4.74 Å². The van der Waals surface area contributed by atoms with Gasteiger partial charge in [0.15, 0.2) is 5.25 Å². The van der Waals surface area contributed by atoms with Gasteiger partial charge in [0.05, 0.1) is 6.61 Å². The molecule has 0 saturated carbocycles. The molecule has 1 aromatic carbocycles. The molecule has 25 heavy (non-hydrogen) atoms. The van der Waals surface area contributed by atoms with Crippen molar-refractivity contribution >= 4 is 15.8 Å². The zero-order valence-corrected chi connectivity index (χ0v) is 14.0. The molecule has 0 spiro atoms. The van der Waals surface area contributed by atoms with E-state index in [1.165, 1.54) is 6.92 Å². The standard InChI is InChI=1S/C15H17F5O4S/c1-2-24-13(21)12(10-6-9-11-7-4-3-5-8-11)25(22,23)15(19,20)14(16,17)18/h3-5,7-8,12H,2,6,9-10H2,1H3. The molecule has 0 aliphatic heterocycles. The largest absolute Gasteiger partial charge is 0.469 e. The van der Waals surface area contributed by atoms with Gasteiger partial charge in [-0.25, -0.2) is 8.42 Å². The summed E-state index contributed by atoms with van der Waals surface area (Å²) in [6.07, 6.45) is -6.90. The summed E-state index contributed by atoms with van der Waals surface area (Å²) in [5.74, 6) is -1.61. The van der Waals surface area contributed by atoms with E-state index >= 15 is 0 Å². The van der Waals surface area contributed by atoms with Crippen molar-refractivity contribution in [2.75, 3.05) is 6.61 Å². The summed E-state index contributed by atoms with van der Waals surface area (Å²) in [5, 5.41) is -8.63. The minimum absolute atomic E-state index is 0.0827. The Hall–Kier alpha value is -1.71. The first-order valence-electron chi connectivity index (χ1n) is 7.33. The van der Waals surface area contributed by atoms with E-state index < -0.39 is 38.9 Å². The highest BCUT2D eigenvalue weighted by Gasteiger charge is 2.69. The van der Waals surface area contributed by atoms with Crippen LogP contribution in [-0.2, 0) is 25.8 Å². The molecule has 0 N–H and O–H groups in total. The Morgan fingerprint density at radius 2 is 1.68 bits per heavy atom. The zero-order chi connectivity index (χ0) is 19.3. The lowest BCUT2D eigenvalue weighted by atomic mass is 10.1. The molecule has 0 aromatic heterocycles. The van der Waals surface area contributed by atoms with E-state index in [0.717, 1.165) is 5.56 Å². The molecule has 10 heteroatoms. The van der Waals surface area contributed by atoms with Gasteiger partial charge < -0.3 is 4.74 Å². The van der Waals surface area contributed by atoms with Crippen LogP contribution in [-0.4, -0.2) is 37.7 Å². The van der Waals surface area contributed by atoms with Gasteiger partial charge in [-0.3, -0.25) is 4.79 Å². The lowest BCUT2D eigenvalue weighted by molar-refractivity contribution is -0.241. The Morgan fingerprint density at radius 3 is 2.16 bits per heavy atom. The predicted octanol–water partition coefficient (Wildman–Crippen LogP) is 3.51. The number of benzene rings is 1. The van der Waals surface area contributed by atoms with Gasteiger partial charge >= 0.3 is 17.4 Å². The maximum atomic E-state index is 13.4. The van der Waals surface area contributed by atoms with Gasteiger partial charge in [-0.15, -0.1) is 0 Å². The molecule has 0 radical (unpaired) electrons. The molecule has 0 aliphatic rings. The Balaban J connectivity index is 3.02. The SMILES string of the molecule is CCOC(=O)C(CCCc1ccccc1)S(=O)(=O)C(F)(F)C(F)(F)F. The summed E-state index contributed by atoms with van der Waals surface area (Å²) in [5.41, 5.74) is 0.727. The summed E-state index contributed by atoms with van der Waals surface area (Å²) in [4.78, 5) is 11.7. The molecule has 1 rings (SSSR count). The van der Waals surface area contributed by atoms with Crippen molar-refractivity contribution in [3.05, 3.63) is 35.9 Å². The number of rotatable bonds is 8. The van der Waals surface area contributed by atoms with Crippen molar-refractivity contribution in [1.82, 2.24) is 0 Å². The third kappa shape index (κ3) is 4.90. The first kappa shape index (κ1) is 21.3. The summed E-state index contributed by atoms with van der Waals surface area (Å²) >= 11 is 0. The highest BCUT2D eigenvalue weighted by Crippen LogP contribution is 2.42. The first-order chi connectivity index (χ1) is 11.4. The molecule has 142 valence electrons. The molecule has 0 heterocycles. The van der Waals surface area contributed by atoms with Gasteiger partial charge in [0.1, 0.15) is 0 Å². The van der Waals surface area contributed by atoms with Crippen LogP contribution in [0.25, 0.3) is 0 Å². The number of ether oxygens (including phenoxy) is 1. The second kappa shape index (κ2) is 8.11. The number of carbonyl (C=O) groups excluding carboxylic acids is 1. The summed E-state index contributed by atoms with van der Waals surface area (Å²) < 4.78 is 92.1. The fourth-order valence-corrected chi connectivity index (χ4v) is 3.59. The van der Waals surface area contributed by atoms with E-state index in [4.69, 9.17) is 0 Å². The third-order valence-corrected chi connectivity index (χ3v) is 5.51. The predicted molar refractivity (Wildman–Crippen MR) is 79.7 cm³/mol. The quantitative estimate of drug-likeness (QED) is 0.505. The van der Waals surface area contributed by atoms with Crippen molar-refractivity contribution in [3.8, 4) is 0 Å². The lowest BCUT2D eigenvalue weighted by Gasteiger charge is -2.24. The van der Waals surface area contributed by atoms with E-state index in [9.17, 15) is 35.2 Å². The normalized spacial score (nSPS) is 14.2. The third-order valence-electron chi connectivity index (χ3n) is 3.39. The van der Waals surface area contributed by atoms with Crippen LogP contribution in [0.3, 0.4) is 0 Å². The number of hydrogen-bond donors (Lipinski definition) is 0. The molecule has 0 bridgehead atoms. The highest BCUT2D eigenvalue weighted by atomic mass is 32.2. The highest BCUT2D eigenvalue weighted by molar-refractivity contribution is 7.93. The van der Waals surface area contributed by atoms with Gasteiger partial charge in [-0.1, -0.05) is 30.3 Å². The van der Waals surface area contributed by atoms with Crippen LogP contribution >= 0.6 is 0 Å². The Labute approximate surface area is 141 Å². The number of esters is 1. The first-order valence-corrected chi connectivity index (χ1v) is 8.88. The molecule has 0 fully saturated rings. The van der Waals surface area contributed by atoms with E-state index in [1.807, 2.05) is 0 Å². The van der Waals surface area contributed by atoms with Gasteiger partial charge in [0, 0.05) is 0 Å². The maximum absolute atomic E-state index is 13.4. The second-order valence-electron chi connectivity index (χ2n) is 5.18. The number of carbonyl (C=O) groups is 1. The number of sulfone groups is 1. The molecule has 4 nitrogen and oxygen atoms in total. The van der Waals surface area contributed by atoms with Crippen LogP contribution in [0.1, 0.15) is 25.3 Å². The van der Waals surface area contributed by atoms with Crippen LogP contribution in [0.2, 0.25) is 0 Å². The van der Waals surface area contributed by atoms with E-state index in [0.29, 0.717) is 0 Å². The fraction of sp³-hybridized carbons (Fsp3) is 0.533. The summed E-state index contributed by atoms with van der Waals surface area (Å²) in [6.45, 7) is 0.939. The van der Waals surface area contributed by atoms with Crippen molar-refractivity contribution in [3.63, 3.8) is 0 Å². The number of halogens is 5. The van der Waals surface area contributed by atoms with Crippen molar-refractivity contribution in [2.45, 2.75) is 42.9 Å². The van der Waals surface area contributed by atoms with Gasteiger partial charge in [0.25, 0.3) is 0 Å². The maximum Gasteiger partial charge on any atom is 0.469 e. The van der Waals surface area contributed by atoms with Crippen LogP contribution in [0, 0.1) is 0 Å². The molecular weight excluding hydrogens is 371 g/mol.